The highest BCUT2D eigenvalue weighted by atomic mass is 35.5. The third kappa shape index (κ3) is 24.0. The lowest BCUT2D eigenvalue weighted by molar-refractivity contribution is -0.179. The van der Waals surface area contributed by atoms with Crippen molar-refractivity contribution in [1.29, 1.82) is 0 Å². The Bertz CT molecular complexity index is 3430. The molecule has 0 aromatic heterocycles. The lowest BCUT2D eigenvalue weighted by atomic mass is 9.85. The van der Waals surface area contributed by atoms with Gasteiger partial charge in [-0.2, -0.15) is 0 Å². The third-order valence-electron chi connectivity index (χ3n) is 19.3. The van der Waals surface area contributed by atoms with Crippen LogP contribution in [0.5, 0.6) is 5.75 Å². The summed E-state index contributed by atoms with van der Waals surface area (Å²) < 4.78 is 23.6. The zero-order valence-corrected chi connectivity index (χ0v) is 61.8. The maximum atomic E-state index is 14.3. The number of hydrogen-bond acceptors (Lipinski definition) is 17. The molecule has 0 spiro atoms. The first-order valence-corrected chi connectivity index (χ1v) is 37.6. The number of cyclic esters (lactones) is 2. The molecular formula is C77H105ClN4O18Si. The quantitative estimate of drug-likeness (QED) is 0.0125. The number of aliphatic hydroxyl groups excluding tert-OH is 4. The van der Waals surface area contributed by atoms with E-state index in [0.717, 1.165) is 21.5 Å². The monoisotopic (exact) mass is 1440 g/mol. The number of esters is 2. The Balaban J connectivity index is 1.12. The Kier molecular flexibility index (Phi) is 31.0. The van der Waals surface area contributed by atoms with Crippen molar-refractivity contribution in [3.63, 3.8) is 0 Å². The summed E-state index contributed by atoms with van der Waals surface area (Å²) in [6.07, 6.45) is -7.73. The van der Waals surface area contributed by atoms with Crippen molar-refractivity contribution in [2.45, 2.75) is 218 Å². The lowest BCUT2D eigenvalue weighted by Crippen LogP contribution is -2.64. The van der Waals surface area contributed by atoms with Crippen molar-refractivity contribution < 1.29 is 87.6 Å². The molecule has 0 aliphatic carbocycles. The van der Waals surface area contributed by atoms with E-state index in [1.807, 2.05) is 81.4 Å². The normalized spacial score (nSPS) is 20.9. The van der Waals surface area contributed by atoms with Gasteiger partial charge in [0.25, 0.3) is 0 Å². The van der Waals surface area contributed by atoms with E-state index in [4.69, 9.17) is 35.7 Å². The Morgan fingerprint density at radius 3 is 1.97 bits per heavy atom. The van der Waals surface area contributed by atoms with Gasteiger partial charge in [-0.25, -0.2) is 4.79 Å². The van der Waals surface area contributed by atoms with E-state index in [-0.39, 0.29) is 100 Å². The summed E-state index contributed by atoms with van der Waals surface area (Å²) in [6, 6.07) is 30.9. The van der Waals surface area contributed by atoms with Gasteiger partial charge in [0.15, 0.2) is 11.9 Å². The number of hydrogen-bond donors (Lipinski definition) is 9. The lowest BCUT2D eigenvalue weighted by Gasteiger charge is -2.45. The fourth-order valence-corrected chi connectivity index (χ4v) is 19.0. The number of ether oxygens (including phenoxy) is 4. The number of halogens is 1. The van der Waals surface area contributed by atoms with Crippen LogP contribution in [0.15, 0.2) is 115 Å². The molecule has 12 atom stereocenters. The van der Waals surface area contributed by atoms with Gasteiger partial charge < -0.3 is 65.7 Å². The first-order chi connectivity index (χ1) is 47.6. The van der Waals surface area contributed by atoms with Crippen LogP contribution in [0, 0.1) is 29.1 Å². The highest BCUT2D eigenvalue weighted by Gasteiger charge is 2.50. The zero-order chi connectivity index (χ0) is 74.5. The Labute approximate surface area is 599 Å². The molecule has 552 valence electrons. The van der Waals surface area contributed by atoms with Crippen LogP contribution in [0.2, 0.25) is 16.1 Å². The van der Waals surface area contributed by atoms with Crippen LogP contribution in [0.1, 0.15) is 156 Å². The standard InChI is InChI=1S/C77H105ClN4O18Si/c1-46(2)40-63-74(95)98-61(24-18-25-65(88)81-56(42-50-31-36-62(97-11)55(78)41-50)73(94)80-45-77(9,10)75(96)99-63)48(5)71-72(100-71)51-32-28-49(29-33-51)30-35-57(83)52(43-59(85)68(47(3)4)82-66(89)26-19-27-67(90)91)34-37-64(87)79-44-60(86)70(93)69(92)58(84)38-39-101(76(6,7)8,53-20-14-12-15-21-53)54-22-16-13-17-23-54/h12-18,20-23,25,28-29,31-33,36,41,46-48,52,56,58,60-61,63,68-72,84,86,92-93H,19,24,26-27,30,34-35,37-40,42-45H2,1-11H3,(H,79,87)(H,80,94)(H,81,88)(H,82,89)(H,90,91)/b25-18+/t48-,52+,56+,58+,60-,61-,63-,68-,69+,70+,71+,72+/m0/s1. The van der Waals surface area contributed by atoms with Crippen LogP contribution >= 0.6 is 11.6 Å². The molecule has 1 fully saturated rings. The van der Waals surface area contributed by atoms with Gasteiger partial charge in [0, 0.05) is 69.9 Å². The molecular weight excluding hydrogens is 1330 g/mol. The van der Waals surface area contributed by atoms with E-state index < -0.39 is 146 Å². The number of aliphatic carboxylic acids is 1. The molecule has 0 radical (unpaired) electrons. The largest absolute Gasteiger partial charge is 0.495 e. The molecule has 2 heterocycles. The minimum atomic E-state index is -2.68. The third-order valence-corrected chi connectivity index (χ3v) is 25.8. The van der Waals surface area contributed by atoms with Gasteiger partial charge >= 0.3 is 17.9 Å². The van der Waals surface area contributed by atoms with Crippen LogP contribution in [0.4, 0.5) is 0 Å². The number of methoxy groups -OCH3 is 1. The number of carboxylic acid groups (broad SMARTS) is 1. The number of aliphatic hydroxyl groups is 4. The van der Waals surface area contributed by atoms with E-state index in [1.165, 1.54) is 19.3 Å². The summed E-state index contributed by atoms with van der Waals surface area (Å²) in [5.74, 6) is -7.34. The van der Waals surface area contributed by atoms with Gasteiger partial charge in [0.05, 0.1) is 41.9 Å². The second-order valence-electron chi connectivity index (χ2n) is 29.3. The molecule has 0 bridgehead atoms. The molecule has 2 aliphatic rings. The smallest absolute Gasteiger partial charge is 0.347 e. The Morgan fingerprint density at radius 1 is 0.762 bits per heavy atom. The van der Waals surface area contributed by atoms with Crippen molar-refractivity contribution in [3.05, 3.63) is 137 Å². The summed E-state index contributed by atoms with van der Waals surface area (Å²) >= 11 is 6.41. The maximum absolute atomic E-state index is 14.3. The number of benzene rings is 4. The molecule has 24 heteroatoms. The topological polar surface area (TPSA) is 343 Å². The molecule has 0 saturated carbocycles. The molecule has 4 aromatic rings. The van der Waals surface area contributed by atoms with E-state index in [2.05, 4.69) is 66.3 Å². The summed E-state index contributed by atoms with van der Waals surface area (Å²) in [5.41, 5.74) is 0.836. The number of aryl methyl sites for hydroxylation is 1. The van der Waals surface area contributed by atoms with Crippen LogP contribution in [-0.2, 0) is 70.2 Å². The number of carboxylic acids is 1. The van der Waals surface area contributed by atoms with E-state index in [9.17, 15) is 63.6 Å². The molecule has 22 nitrogen and oxygen atoms in total. The number of epoxide rings is 1. The fourth-order valence-electron chi connectivity index (χ4n) is 13.0. The van der Waals surface area contributed by atoms with Crippen molar-refractivity contribution in [3.8, 4) is 5.75 Å². The predicted octanol–water partition coefficient (Wildman–Crippen LogP) is 7.39. The van der Waals surface area contributed by atoms with Crippen LogP contribution in [0.3, 0.4) is 0 Å². The molecule has 6 rings (SSSR count). The molecule has 4 amide bonds. The predicted molar refractivity (Wildman–Crippen MR) is 385 cm³/mol. The van der Waals surface area contributed by atoms with Gasteiger partial charge in [-0.05, 0) is 104 Å². The van der Waals surface area contributed by atoms with E-state index in [1.54, 1.807) is 45.9 Å². The molecule has 1 saturated heterocycles. The summed E-state index contributed by atoms with van der Waals surface area (Å²) in [5, 5.41) is 67.3. The summed E-state index contributed by atoms with van der Waals surface area (Å²) in [6.45, 7) is 18.0. The second kappa shape index (κ2) is 38.0. The number of rotatable bonds is 34. The molecule has 9 N–H and O–H groups in total. The average Bonchev–Trinajstić information content (AvgIpc) is 1.39. The van der Waals surface area contributed by atoms with Crippen molar-refractivity contribution in [2.75, 3.05) is 20.2 Å². The maximum Gasteiger partial charge on any atom is 0.347 e. The molecule has 2 aliphatic heterocycles. The minimum Gasteiger partial charge on any atom is -0.495 e. The van der Waals surface area contributed by atoms with Crippen LogP contribution < -0.4 is 36.4 Å². The van der Waals surface area contributed by atoms with Crippen molar-refractivity contribution in [1.82, 2.24) is 21.3 Å². The molecule has 4 aromatic carbocycles. The molecule has 101 heavy (non-hydrogen) atoms. The van der Waals surface area contributed by atoms with Gasteiger partial charge in [0.1, 0.15) is 50.1 Å². The number of ketones is 2. The SMILES string of the molecule is COc1ccc(C[C@H]2NC(=O)/C=C/C[C@@H]([C@H](C)[C@H]3O[C@@H]3c3ccc(CCC(=O)[C@H](CCC(=O)NC[C@H](O)[C@@H](O)[C@H](O)[C@H](O)CC[Si](c4ccccc4)(c4ccccc4)C(C)(C)C)CC(=O)[C@@H](NC(=O)CCCC(=O)O)C(C)C)cc3)OC(=O)[C@H](CC(C)C)OC(=O)C(C)(C)CNC2=O)cc1Cl. The Morgan fingerprint density at radius 2 is 1.39 bits per heavy atom. The van der Waals surface area contributed by atoms with Gasteiger partial charge in [0.2, 0.25) is 23.6 Å². The zero-order valence-electron chi connectivity index (χ0n) is 60.1. The number of carbonyl (C=O) groups is 9. The van der Waals surface area contributed by atoms with Crippen LogP contribution in [0.25, 0.3) is 0 Å². The average molecular weight is 1440 g/mol. The van der Waals surface area contributed by atoms with E-state index >= 15 is 0 Å². The number of amides is 4. The van der Waals surface area contributed by atoms with Crippen LogP contribution in [-0.4, -0.2) is 162 Å². The molecule has 0 unspecified atom stereocenters. The first-order valence-electron chi connectivity index (χ1n) is 35.1. The van der Waals surface area contributed by atoms with Gasteiger partial charge in [-0.1, -0.05) is 174 Å². The highest BCUT2D eigenvalue weighted by molar-refractivity contribution is 7.04. The fraction of sp³-hybridized carbons (Fsp3) is 0.545. The minimum absolute atomic E-state index is 0.0356. The summed E-state index contributed by atoms with van der Waals surface area (Å²) in [7, 11) is -1.20. The van der Waals surface area contributed by atoms with Crippen molar-refractivity contribution in [2.24, 2.45) is 29.1 Å². The Hall–Kier alpha value is -7.64. The second-order valence-corrected chi connectivity index (χ2v) is 34.7. The van der Waals surface area contributed by atoms with Gasteiger partial charge in [-0.15, -0.1) is 0 Å². The van der Waals surface area contributed by atoms with E-state index in [0.29, 0.717) is 22.4 Å². The number of nitrogens with one attached hydrogen (secondary N) is 4. The van der Waals surface area contributed by atoms with Crippen molar-refractivity contribution >= 4 is 83.2 Å². The number of carbonyl (C=O) groups excluding carboxylic acids is 8. The van der Waals surface area contributed by atoms with Gasteiger partial charge in [-0.3, -0.25) is 38.4 Å². The first kappa shape index (κ1) is 82.3. The number of Topliss-reactive ketones (excluding diaryl/α,β-unsaturated/α-hetero) is 2. The summed E-state index contributed by atoms with van der Waals surface area (Å²) in [4.78, 5) is 121. The highest BCUT2D eigenvalue weighted by Crippen LogP contribution is 2.46.